The first-order valence-electron chi connectivity index (χ1n) is 5.96. The molecule has 0 aliphatic heterocycles. The lowest BCUT2D eigenvalue weighted by molar-refractivity contribution is -0.111. The van der Waals surface area contributed by atoms with Gasteiger partial charge >= 0.3 is 0 Å². The maximum atomic E-state index is 13.6. The molecule has 0 aliphatic carbocycles. The number of amides is 1. The van der Waals surface area contributed by atoms with E-state index in [1.165, 1.54) is 36.4 Å². The van der Waals surface area contributed by atoms with Crippen LogP contribution in [-0.4, -0.2) is 5.91 Å². The summed E-state index contributed by atoms with van der Waals surface area (Å²) >= 11 is 23.5. The van der Waals surface area contributed by atoms with Crippen LogP contribution in [0.3, 0.4) is 0 Å². The molecular weight excluding hydrogens is 371 g/mol. The van der Waals surface area contributed by atoms with Crippen LogP contribution in [0.5, 0.6) is 0 Å². The molecule has 114 valence electrons. The Labute approximate surface area is 146 Å². The van der Waals surface area contributed by atoms with Crippen LogP contribution in [0.25, 0.3) is 6.08 Å². The van der Waals surface area contributed by atoms with E-state index in [4.69, 9.17) is 46.4 Å². The minimum atomic E-state index is -0.524. The summed E-state index contributed by atoms with van der Waals surface area (Å²) in [7, 11) is 0. The number of hydrogen-bond donors (Lipinski definition) is 1. The van der Waals surface area contributed by atoms with Gasteiger partial charge in [-0.1, -0.05) is 52.5 Å². The van der Waals surface area contributed by atoms with Crippen molar-refractivity contribution in [1.82, 2.24) is 0 Å². The Morgan fingerprint density at radius 2 is 1.68 bits per heavy atom. The molecule has 0 radical (unpaired) electrons. The minimum Gasteiger partial charge on any atom is -0.321 e. The third-order valence-electron chi connectivity index (χ3n) is 2.67. The molecule has 2 aromatic carbocycles. The zero-order valence-electron chi connectivity index (χ0n) is 10.8. The standard InChI is InChI=1S/C15H8Cl4FNO/c16-9-2-1-3-13(20)8(9)4-5-15(22)21-14-7-11(18)10(17)6-12(14)19/h1-7H,(H,21,22). The molecule has 0 heterocycles. The second-order valence-corrected chi connectivity index (χ2v) is 5.83. The number of hydrogen-bond acceptors (Lipinski definition) is 1. The highest BCUT2D eigenvalue weighted by Crippen LogP contribution is 2.32. The van der Waals surface area contributed by atoms with Crippen LogP contribution in [0.1, 0.15) is 5.56 Å². The van der Waals surface area contributed by atoms with Crippen molar-refractivity contribution in [2.75, 3.05) is 5.32 Å². The Kier molecular flexibility index (Phi) is 5.70. The number of benzene rings is 2. The van der Waals surface area contributed by atoms with Gasteiger partial charge in [0.25, 0.3) is 0 Å². The van der Waals surface area contributed by atoms with Gasteiger partial charge in [0.05, 0.1) is 25.8 Å². The van der Waals surface area contributed by atoms with E-state index in [9.17, 15) is 9.18 Å². The second kappa shape index (κ2) is 7.34. The molecule has 0 bridgehead atoms. The maximum Gasteiger partial charge on any atom is 0.248 e. The van der Waals surface area contributed by atoms with Gasteiger partial charge in [-0.25, -0.2) is 4.39 Å². The molecule has 0 aromatic heterocycles. The Bertz CT molecular complexity index is 741. The number of rotatable bonds is 3. The van der Waals surface area contributed by atoms with Crippen molar-refractivity contribution in [3.63, 3.8) is 0 Å². The number of nitrogens with one attached hydrogen (secondary N) is 1. The molecule has 2 rings (SSSR count). The molecule has 0 atom stereocenters. The molecule has 1 amide bonds. The summed E-state index contributed by atoms with van der Waals surface area (Å²) < 4.78 is 13.6. The lowest BCUT2D eigenvalue weighted by Gasteiger charge is -2.07. The van der Waals surface area contributed by atoms with Crippen molar-refractivity contribution in [3.05, 3.63) is 67.9 Å². The van der Waals surface area contributed by atoms with Crippen molar-refractivity contribution in [1.29, 1.82) is 0 Å². The van der Waals surface area contributed by atoms with Crippen LogP contribution in [0, 0.1) is 5.82 Å². The summed E-state index contributed by atoms with van der Waals surface area (Å²) in [6.07, 6.45) is 2.42. The monoisotopic (exact) mass is 377 g/mol. The van der Waals surface area contributed by atoms with E-state index >= 15 is 0 Å². The van der Waals surface area contributed by atoms with Crippen molar-refractivity contribution < 1.29 is 9.18 Å². The summed E-state index contributed by atoms with van der Waals surface area (Å²) in [6.45, 7) is 0. The van der Waals surface area contributed by atoms with E-state index in [1.54, 1.807) is 0 Å². The highest BCUT2D eigenvalue weighted by Gasteiger charge is 2.08. The highest BCUT2D eigenvalue weighted by atomic mass is 35.5. The molecule has 0 saturated heterocycles. The molecule has 2 aromatic rings. The Balaban J connectivity index is 2.17. The first-order valence-corrected chi connectivity index (χ1v) is 7.47. The number of anilines is 1. The molecule has 0 unspecified atom stereocenters. The van der Waals surface area contributed by atoms with Gasteiger partial charge in [-0.2, -0.15) is 0 Å². The van der Waals surface area contributed by atoms with E-state index in [0.717, 1.165) is 6.08 Å². The normalized spacial score (nSPS) is 11.0. The van der Waals surface area contributed by atoms with E-state index < -0.39 is 11.7 Å². The Morgan fingerprint density at radius 1 is 1.00 bits per heavy atom. The molecule has 0 fully saturated rings. The van der Waals surface area contributed by atoms with Crippen molar-refractivity contribution in [2.24, 2.45) is 0 Å². The van der Waals surface area contributed by atoms with Gasteiger partial charge in [0.15, 0.2) is 0 Å². The molecule has 0 saturated carbocycles. The van der Waals surface area contributed by atoms with E-state index in [0.29, 0.717) is 5.69 Å². The van der Waals surface area contributed by atoms with E-state index in [2.05, 4.69) is 5.32 Å². The first-order chi connectivity index (χ1) is 10.4. The third kappa shape index (κ3) is 4.14. The number of carbonyl (C=O) groups is 1. The van der Waals surface area contributed by atoms with Gasteiger partial charge in [0.1, 0.15) is 5.82 Å². The number of halogens is 5. The van der Waals surface area contributed by atoms with Gasteiger partial charge in [0, 0.05) is 11.6 Å². The summed E-state index contributed by atoms with van der Waals surface area (Å²) in [5.41, 5.74) is 0.421. The predicted molar refractivity (Wildman–Crippen MR) is 90.5 cm³/mol. The van der Waals surface area contributed by atoms with Gasteiger partial charge in [0.2, 0.25) is 5.91 Å². The van der Waals surface area contributed by atoms with E-state index in [-0.39, 0.29) is 25.7 Å². The van der Waals surface area contributed by atoms with Crippen LogP contribution >= 0.6 is 46.4 Å². The first kappa shape index (κ1) is 17.1. The van der Waals surface area contributed by atoms with Crippen LogP contribution in [0.4, 0.5) is 10.1 Å². The van der Waals surface area contributed by atoms with Crippen LogP contribution in [0.15, 0.2) is 36.4 Å². The average molecular weight is 379 g/mol. The van der Waals surface area contributed by atoms with Gasteiger partial charge in [-0.05, 0) is 30.3 Å². The lowest BCUT2D eigenvalue weighted by Crippen LogP contribution is -2.08. The highest BCUT2D eigenvalue weighted by molar-refractivity contribution is 6.44. The minimum absolute atomic E-state index is 0.125. The smallest absolute Gasteiger partial charge is 0.248 e. The Morgan fingerprint density at radius 3 is 2.36 bits per heavy atom. The van der Waals surface area contributed by atoms with Crippen LogP contribution in [-0.2, 0) is 4.79 Å². The fraction of sp³-hybridized carbons (Fsp3) is 0. The zero-order valence-corrected chi connectivity index (χ0v) is 13.9. The van der Waals surface area contributed by atoms with Gasteiger partial charge < -0.3 is 5.32 Å². The average Bonchev–Trinajstić information content (AvgIpc) is 2.44. The largest absolute Gasteiger partial charge is 0.321 e. The summed E-state index contributed by atoms with van der Waals surface area (Å²) in [5, 5.41) is 3.49. The van der Waals surface area contributed by atoms with Gasteiger partial charge in [-0.15, -0.1) is 0 Å². The summed E-state index contributed by atoms with van der Waals surface area (Å²) in [4.78, 5) is 11.9. The maximum absolute atomic E-state index is 13.6. The number of carbonyl (C=O) groups excluding carboxylic acids is 1. The summed E-state index contributed by atoms with van der Waals surface area (Å²) in [5.74, 6) is -1.04. The molecule has 0 spiro atoms. The van der Waals surface area contributed by atoms with Crippen molar-refractivity contribution >= 4 is 64.1 Å². The topological polar surface area (TPSA) is 29.1 Å². The molecule has 2 nitrogen and oxygen atoms in total. The molecular formula is C15H8Cl4FNO. The van der Waals surface area contributed by atoms with Crippen molar-refractivity contribution in [2.45, 2.75) is 0 Å². The second-order valence-electron chi connectivity index (χ2n) is 4.20. The van der Waals surface area contributed by atoms with Crippen molar-refractivity contribution in [3.8, 4) is 0 Å². The molecule has 22 heavy (non-hydrogen) atoms. The molecule has 0 aliphatic rings. The Hall–Kier alpha value is -1.26. The zero-order chi connectivity index (χ0) is 16.3. The molecule has 1 N–H and O–H groups in total. The van der Waals surface area contributed by atoms with Gasteiger partial charge in [-0.3, -0.25) is 4.79 Å². The lowest BCUT2D eigenvalue weighted by atomic mass is 10.2. The summed E-state index contributed by atoms with van der Waals surface area (Å²) in [6, 6.07) is 7.09. The predicted octanol–water partition coefficient (Wildman–Crippen LogP) is 6.09. The third-order valence-corrected chi connectivity index (χ3v) is 4.03. The molecule has 7 heteroatoms. The quantitative estimate of drug-likeness (QED) is 0.508. The fourth-order valence-corrected chi connectivity index (χ4v) is 2.44. The fourth-order valence-electron chi connectivity index (χ4n) is 1.62. The van der Waals surface area contributed by atoms with Crippen LogP contribution in [0.2, 0.25) is 20.1 Å². The van der Waals surface area contributed by atoms with E-state index in [1.807, 2.05) is 0 Å². The van der Waals surface area contributed by atoms with Crippen LogP contribution < -0.4 is 5.32 Å². The SMILES string of the molecule is O=C(C=Cc1c(F)cccc1Cl)Nc1cc(Cl)c(Cl)cc1Cl.